The van der Waals surface area contributed by atoms with Crippen molar-refractivity contribution in [2.75, 3.05) is 5.32 Å². The number of fused-ring (bicyclic) bond motifs is 1. The van der Waals surface area contributed by atoms with Crippen LogP contribution in [0.2, 0.25) is 0 Å². The summed E-state index contributed by atoms with van der Waals surface area (Å²) < 4.78 is 1.84. The number of aryl methyl sites for hydroxylation is 1. The highest BCUT2D eigenvalue weighted by atomic mass is 15.2. The van der Waals surface area contributed by atoms with Gasteiger partial charge in [-0.3, -0.25) is 0 Å². The van der Waals surface area contributed by atoms with Crippen LogP contribution in [-0.2, 0) is 0 Å². The van der Waals surface area contributed by atoms with E-state index in [2.05, 4.69) is 28.9 Å². The highest BCUT2D eigenvalue weighted by Gasteiger charge is 2.07. The van der Waals surface area contributed by atoms with E-state index in [0.29, 0.717) is 6.04 Å². The summed E-state index contributed by atoms with van der Waals surface area (Å²) in [5.74, 6) is 0.873. The molecule has 4 nitrogen and oxygen atoms in total. The van der Waals surface area contributed by atoms with E-state index in [1.165, 1.54) is 0 Å². The minimum Gasteiger partial charge on any atom is -0.366 e. The molecule has 2 heterocycles. The van der Waals surface area contributed by atoms with E-state index in [1.54, 1.807) is 6.20 Å². The van der Waals surface area contributed by atoms with E-state index in [0.717, 1.165) is 23.4 Å². The van der Waals surface area contributed by atoms with Gasteiger partial charge in [0.15, 0.2) is 5.82 Å². The molecule has 0 saturated heterocycles. The highest BCUT2D eigenvalue weighted by Crippen LogP contribution is 2.16. The predicted octanol–water partition coefficient (Wildman–Crippen LogP) is 2.41. The van der Waals surface area contributed by atoms with Crippen LogP contribution < -0.4 is 5.32 Å². The second-order valence-corrected chi connectivity index (χ2v) is 3.96. The lowest BCUT2D eigenvalue weighted by Gasteiger charge is -2.12. The lowest BCUT2D eigenvalue weighted by Crippen LogP contribution is -2.15. The van der Waals surface area contributed by atoms with Crippen molar-refractivity contribution in [1.29, 1.82) is 0 Å². The Bertz CT molecular complexity index is 501. The summed E-state index contributed by atoms with van der Waals surface area (Å²) in [6, 6.07) is 2.35. The normalized spacial score (nSPS) is 12.6. The van der Waals surface area contributed by atoms with Gasteiger partial charge in [0.1, 0.15) is 5.52 Å². The molecule has 1 atom stereocenters. The number of hydrogen-bond acceptors (Lipinski definition) is 3. The van der Waals surface area contributed by atoms with Gasteiger partial charge in [0, 0.05) is 18.4 Å². The number of anilines is 1. The van der Waals surface area contributed by atoms with Gasteiger partial charge in [-0.15, -0.1) is 6.58 Å². The minimum absolute atomic E-state index is 0.325. The highest BCUT2D eigenvalue weighted by molar-refractivity contribution is 5.67. The smallest absolute Gasteiger partial charge is 0.152 e. The number of rotatable bonds is 4. The van der Waals surface area contributed by atoms with E-state index in [-0.39, 0.29) is 0 Å². The van der Waals surface area contributed by atoms with Gasteiger partial charge >= 0.3 is 0 Å². The molecule has 0 radical (unpaired) electrons. The SMILES string of the molecule is C=CCC(C)Nc1nccn2nc(C)cc12. The van der Waals surface area contributed by atoms with Gasteiger partial charge in [-0.1, -0.05) is 6.08 Å². The van der Waals surface area contributed by atoms with E-state index in [9.17, 15) is 0 Å². The molecule has 0 aromatic carbocycles. The number of nitrogens with one attached hydrogen (secondary N) is 1. The maximum Gasteiger partial charge on any atom is 0.152 e. The molecule has 0 aliphatic rings. The predicted molar refractivity (Wildman–Crippen MR) is 65.6 cm³/mol. The van der Waals surface area contributed by atoms with E-state index in [1.807, 2.05) is 29.8 Å². The molecule has 0 bridgehead atoms. The van der Waals surface area contributed by atoms with E-state index in [4.69, 9.17) is 0 Å². The fourth-order valence-corrected chi connectivity index (χ4v) is 1.70. The average molecular weight is 216 g/mol. The first-order chi connectivity index (χ1) is 7.70. The molecule has 2 aromatic rings. The maximum absolute atomic E-state index is 4.34. The second-order valence-electron chi connectivity index (χ2n) is 3.96. The summed E-state index contributed by atoms with van der Waals surface area (Å²) in [7, 11) is 0. The Morgan fingerprint density at radius 3 is 3.19 bits per heavy atom. The lowest BCUT2D eigenvalue weighted by atomic mass is 10.2. The quantitative estimate of drug-likeness (QED) is 0.798. The zero-order valence-electron chi connectivity index (χ0n) is 9.64. The van der Waals surface area contributed by atoms with Crippen LogP contribution in [0.5, 0.6) is 0 Å². The molecule has 4 heteroatoms. The van der Waals surface area contributed by atoms with Crippen molar-refractivity contribution in [3.8, 4) is 0 Å². The first-order valence-corrected chi connectivity index (χ1v) is 5.39. The largest absolute Gasteiger partial charge is 0.366 e. The van der Waals surface area contributed by atoms with Gasteiger partial charge < -0.3 is 5.32 Å². The van der Waals surface area contributed by atoms with Gasteiger partial charge in [0.25, 0.3) is 0 Å². The second kappa shape index (κ2) is 4.35. The number of aromatic nitrogens is 3. The molecule has 0 aliphatic heterocycles. The topological polar surface area (TPSA) is 42.2 Å². The van der Waals surface area contributed by atoms with Crippen LogP contribution in [0.15, 0.2) is 31.1 Å². The molecule has 1 N–H and O–H groups in total. The van der Waals surface area contributed by atoms with Crippen LogP contribution in [0.25, 0.3) is 5.52 Å². The molecular formula is C12H16N4. The average Bonchev–Trinajstić information content (AvgIpc) is 2.60. The van der Waals surface area contributed by atoms with Gasteiger partial charge in [0.2, 0.25) is 0 Å². The first kappa shape index (κ1) is 10.7. The number of nitrogens with zero attached hydrogens (tertiary/aromatic N) is 3. The molecule has 0 aliphatic carbocycles. The van der Waals surface area contributed by atoms with Crippen LogP contribution in [0.3, 0.4) is 0 Å². The van der Waals surface area contributed by atoms with Gasteiger partial charge in [-0.25, -0.2) is 9.50 Å². The van der Waals surface area contributed by atoms with Crippen LogP contribution in [0.1, 0.15) is 19.0 Å². The third kappa shape index (κ3) is 2.05. The van der Waals surface area contributed by atoms with Crippen LogP contribution in [0.4, 0.5) is 5.82 Å². The zero-order chi connectivity index (χ0) is 11.5. The molecule has 0 amide bonds. The Labute approximate surface area is 95.0 Å². The van der Waals surface area contributed by atoms with Crippen molar-refractivity contribution in [2.45, 2.75) is 26.3 Å². The van der Waals surface area contributed by atoms with Crippen molar-refractivity contribution in [2.24, 2.45) is 0 Å². The summed E-state index contributed by atoms with van der Waals surface area (Å²) in [6.07, 6.45) is 6.42. The summed E-state index contributed by atoms with van der Waals surface area (Å²) in [5, 5.41) is 7.70. The standard InChI is InChI=1S/C12H16N4/c1-4-5-9(2)14-12-11-8-10(3)15-16(11)7-6-13-12/h4,6-9H,1,5H2,2-3H3,(H,13,14). The van der Waals surface area contributed by atoms with Crippen molar-refractivity contribution >= 4 is 11.3 Å². The molecule has 2 aromatic heterocycles. The van der Waals surface area contributed by atoms with Crippen molar-refractivity contribution in [3.63, 3.8) is 0 Å². The van der Waals surface area contributed by atoms with Gasteiger partial charge in [-0.2, -0.15) is 5.10 Å². The van der Waals surface area contributed by atoms with Crippen LogP contribution in [0, 0.1) is 6.92 Å². The minimum atomic E-state index is 0.325. The molecular weight excluding hydrogens is 200 g/mol. The molecule has 2 rings (SSSR count). The Morgan fingerprint density at radius 1 is 1.62 bits per heavy atom. The number of hydrogen-bond donors (Lipinski definition) is 1. The molecule has 0 spiro atoms. The Kier molecular flexibility index (Phi) is 2.90. The van der Waals surface area contributed by atoms with Crippen molar-refractivity contribution < 1.29 is 0 Å². The fourth-order valence-electron chi connectivity index (χ4n) is 1.70. The fraction of sp³-hybridized carbons (Fsp3) is 0.333. The third-order valence-electron chi connectivity index (χ3n) is 2.42. The molecule has 84 valence electrons. The first-order valence-electron chi connectivity index (χ1n) is 5.39. The summed E-state index contributed by atoms with van der Waals surface area (Å²) in [4.78, 5) is 4.34. The van der Waals surface area contributed by atoms with E-state index >= 15 is 0 Å². The van der Waals surface area contributed by atoms with Gasteiger partial charge in [-0.05, 0) is 26.3 Å². The molecule has 0 fully saturated rings. The summed E-state index contributed by atoms with van der Waals surface area (Å²) >= 11 is 0. The maximum atomic E-state index is 4.34. The molecule has 1 unspecified atom stereocenters. The zero-order valence-corrected chi connectivity index (χ0v) is 9.64. The lowest BCUT2D eigenvalue weighted by molar-refractivity contribution is 0.805. The van der Waals surface area contributed by atoms with Crippen molar-refractivity contribution in [3.05, 3.63) is 36.8 Å². The van der Waals surface area contributed by atoms with Crippen molar-refractivity contribution in [1.82, 2.24) is 14.6 Å². The van der Waals surface area contributed by atoms with Crippen LogP contribution >= 0.6 is 0 Å². The Hall–Kier alpha value is -1.84. The Morgan fingerprint density at radius 2 is 2.44 bits per heavy atom. The van der Waals surface area contributed by atoms with E-state index < -0.39 is 0 Å². The third-order valence-corrected chi connectivity index (χ3v) is 2.42. The summed E-state index contributed by atoms with van der Waals surface area (Å²) in [5.41, 5.74) is 2.00. The molecule has 16 heavy (non-hydrogen) atoms. The summed E-state index contributed by atoms with van der Waals surface area (Å²) in [6.45, 7) is 7.81. The van der Waals surface area contributed by atoms with Crippen LogP contribution in [-0.4, -0.2) is 20.6 Å². The molecule has 0 saturated carbocycles. The van der Waals surface area contributed by atoms with Gasteiger partial charge in [0.05, 0.1) is 5.69 Å². The Balaban J connectivity index is 2.32. The monoisotopic (exact) mass is 216 g/mol.